The van der Waals surface area contributed by atoms with Crippen molar-refractivity contribution in [3.8, 4) is 5.88 Å². The van der Waals surface area contributed by atoms with Crippen LogP contribution in [0.4, 0.5) is 0 Å². The third-order valence-corrected chi connectivity index (χ3v) is 4.79. The van der Waals surface area contributed by atoms with Gasteiger partial charge in [0.05, 0.1) is 31.6 Å². The third-order valence-electron chi connectivity index (χ3n) is 4.79. The van der Waals surface area contributed by atoms with Crippen LogP contribution in [0.25, 0.3) is 0 Å². The van der Waals surface area contributed by atoms with Crippen molar-refractivity contribution >= 4 is 0 Å². The number of benzene rings is 1. The molecule has 25 heavy (non-hydrogen) atoms. The molecule has 1 saturated heterocycles. The number of hydrogen-bond donors (Lipinski definition) is 1. The zero-order valence-electron chi connectivity index (χ0n) is 15.4. The second kappa shape index (κ2) is 8.47. The molecule has 0 spiro atoms. The van der Waals surface area contributed by atoms with Crippen molar-refractivity contribution in [1.29, 1.82) is 0 Å². The molecule has 6 nitrogen and oxygen atoms in total. The molecule has 0 aliphatic carbocycles. The minimum Gasteiger partial charge on any atom is -0.481 e. The summed E-state index contributed by atoms with van der Waals surface area (Å²) in [6.07, 6.45) is 0. The minimum absolute atomic E-state index is 0.341. The van der Waals surface area contributed by atoms with Gasteiger partial charge in [-0.05, 0) is 12.5 Å². The van der Waals surface area contributed by atoms with E-state index in [1.165, 1.54) is 5.56 Å². The maximum Gasteiger partial charge on any atom is 0.216 e. The van der Waals surface area contributed by atoms with E-state index in [0.29, 0.717) is 6.04 Å². The number of ether oxygens (including phenoxy) is 2. The predicted octanol–water partition coefficient (Wildman–Crippen LogP) is 1.90. The summed E-state index contributed by atoms with van der Waals surface area (Å²) < 4.78 is 12.8. The van der Waals surface area contributed by atoms with Gasteiger partial charge in [0, 0.05) is 39.3 Å². The molecule has 0 bridgehead atoms. The summed E-state index contributed by atoms with van der Waals surface area (Å²) in [7, 11) is 3.61. The summed E-state index contributed by atoms with van der Waals surface area (Å²) in [6.45, 7) is 7.19. The highest BCUT2D eigenvalue weighted by Gasteiger charge is 2.22. The van der Waals surface area contributed by atoms with Gasteiger partial charge in [-0.2, -0.15) is 5.10 Å². The largest absolute Gasteiger partial charge is 0.481 e. The van der Waals surface area contributed by atoms with E-state index in [-0.39, 0.29) is 0 Å². The normalized spacial score (nSPS) is 16.8. The summed E-state index contributed by atoms with van der Waals surface area (Å²) in [5.74, 6) is 0.827. The van der Waals surface area contributed by atoms with Crippen molar-refractivity contribution < 1.29 is 9.47 Å². The number of nitrogens with one attached hydrogen (secondary N) is 1. The number of nitrogens with zero attached hydrogens (tertiary/aromatic N) is 3. The van der Waals surface area contributed by atoms with Gasteiger partial charge in [0.2, 0.25) is 5.88 Å². The standard InChI is InChI=1S/C19H28N4O2/c1-15-17(19(24-3)22(2)21-15)13-20-14-18(16-7-5-4-6-8-16)23-9-11-25-12-10-23/h4-8,18,20H,9-14H2,1-3H3. The van der Waals surface area contributed by atoms with Crippen LogP contribution in [0.3, 0.4) is 0 Å². The molecule has 1 aliphatic rings. The Morgan fingerprint density at radius 3 is 2.64 bits per heavy atom. The number of hydrogen-bond acceptors (Lipinski definition) is 5. The van der Waals surface area contributed by atoms with Gasteiger partial charge < -0.3 is 14.8 Å². The second-order valence-corrected chi connectivity index (χ2v) is 6.40. The molecule has 1 N–H and O–H groups in total. The SMILES string of the molecule is COc1c(CNCC(c2ccccc2)N2CCOCC2)c(C)nn1C. The predicted molar refractivity (Wildman–Crippen MR) is 97.8 cm³/mol. The molecule has 3 rings (SSSR count). The van der Waals surface area contributed by atoms with Gasteiger partial charge >= 0.3 is 0 Å². The topological polar surface area (TPSA) is 51.6 Å². The average Bonchev–Trinajstić information content (AvgIpc) is 2.92. The Hall–Kier alpha value is -1.89. The Labute approximate surface area is 149 Å². The maximum absolute atomic E-state index is 5.52. The molecule has 6 heteroatoms. The van der Waals surface area contributed by atoms with Gasteiger partial charge in [0.1, 0.15) is 0 Å². The smallest absolute Gasteiger partial charge is 0.216 e. The summed E-state index contributed by atoms with van der Waals surface area (Å²) in [5, 5.41) is 8.06. The van der Waals surface area contributed by atoms with Crippen LogP contribution in [0.5, 0.6) is 5.88 Å². The molecule has 1 unspecified atom stereocenters. The fourth-order valence-corrected chi connectivity index (χ4v) is 3.50. The number of rotatable bonds is 7. The first-order valence-electron chi connectivity index (χ1n) is 8.84. The van der Waals surface area contributed by atoms with Crippen LogP contribution < -0.4 is 10.1 Å². The fourth-order valence-electron chi connectivity index (χ4n) is 3.50. The summed E-state index contributed by atoms with van der Waals surface area (Å²) in [4.78, 5) is 2.50. The first-order valence-corrected chi connectivity index (χ1v) is 8.84. The van der Waals surface area contributed by atoms with Crippen LogP contribution in [0.1, 0.15) is 22.9 Å². The molecule has 0 amide bonds. The van der Waals surface area contributed by atoms with Gasteiger partial charge in [-0.3, -0.25) is 4.90 Å². The van der Waals surface area contributed by atoms with E-state index >= 15 is 0 Å². The highest BCUT2D eigenvalue weighted by Crippen LogP contribution is 2.23. The van der Waals surface area contributed by atoms with Crippen LogP contribution in [0.15, 0.2) is 30.3 Å². The van der Waals surface area contributed by atoms with E-state index in [2.05, 4.69) is 45.6 Å². The number of methoxy groups -OCH3 is 1. The van der Waals surface area contributed by atoms with E-state index < -0.39 is 0 Å². The second-order valence-electron chi connectivity index (χ2n) is 6.40. The van der Waals surface area contributed by atoms with Crippen molar-refractivity contribution in [2.75, 3.05) is 40.0 Å². The van der Waals surface area contributed by atoms with Gasteiger partial charge in [-0.25, -0.2) is 4.68 Å². The molecular weight excluding hydrogens is 316 g/mol. The molecule has 1 aliphatic heterocycles. The lowest BCUT2D eigenvalue weighted by atomic mass is 10.0. The van der Waals surface area contributed by atoms with Crippen LogP contribution in [-0.4, -0.2) is 54.6 Å². The lowest BCUT2D eigenvalue weighted by Gasteiger charge is -2.35. The molecular formula is C19H28N4O2. The third kappa shape index (κ3) is 4.21. The lowest BCUT2D eigenvalue weighted by Crippen LogP contribution is -2.42. The minimum atomic E-state index is 0.341. The molecule has 1 atom stereocenters. The molecule has 2 aromatic rings. The van der Waals surface area contributed by atoms with Crippen molar-refractivity contribution in [2.24, 2.45) is 7.05 Å². The van der Waals surface area contributed by atoms with Crippen molar-refractivity contribution in [3.05, 3.63) is 47.2 Å². The summed E-state index contributed by atoms with van der Waals surface area (Å²) in [6, 6.07) is 11.0. The summed E-state index contributed by atoms with van der Waals surface area (Å²) >= 11 is 0. The molecule has 136 valence electrons. The van der Waals surface area contributed by atoms with E-state index in [0.717, 1.165) is 56.5 Å². The quantitative estimate of drug-likeness (QED) is 0.831. The van der Waals surface area contributed by atoms with Crippen LogP contribution in [-0.2, 0) is 18.3 Å². The zero-order chi connectivity index (χ0) is 17.6. The van der Waals surface area contributed by atoms with Gasteiger partial charge in [0.25, 0.3) is 0 Å². The first-order chi connectivity index (χ1) is 12.2. The van der Waals surface area contributed by atoms with Crippen molar-refractivity contribution in [2.45, 2.75) is 19.5 Å². The van der Waals surface area contributed by atoms with E-state index in [1.54, 1.807) is 11.8 Å². The van der Waals surface area contributed by atoms with E-state index in [4.69, 9.17) is 9.47 Å². The van der Waals surface area contributed by atoms with Crippen molar-refractivity contribution in [1.82, 2.24) is 20.0 Å². The number of aryl methyl sites for hydroxylation is 2. The Morgan fingerprint density at radius 1 is 1.24 bits per heavy atom. The average molecular weight is 344 g/mol. The first kappa shape index (κ1) is 17.9. The number of aromatic nitrogens is 2. The van der Waals surface area contributed by atoms with Gasteiger partial charge in [-0.1, -0.05) is 30.3 Å². The Balaban J connectivity index is 1.69. The summed E-state index contributed by atoms with van der Waals surface area (Å²) in [5.41, 5.74) is 3.47. The molecule has 1 aromatic heterocycles. The van der Waals surface area contributed by atoms with Crippen molar-refractivity contribution in [3.63, 3.8) is 0 Å². The van der Waals surface area contributed by atoms with Crippen LogP contribution >= 0.6 is 0 Å². The highest BCUT2D eigenvalue weighted by atomic mass is 16.5. The van der Waals surface area contributed by atoms with Crippen LogP contribution in [0.2, 0.25) is 0 Å². The van der Waals surface area contributed by atoms with Gasteiger partial charge in [-0.15, -0.1) is 0 Å². The maximum atomic E-state index is 5.52. The van der Waals surface area contributed by atoms with E-state index in [1.807, 2.05) is 14.0 Å². The molecule has 2 heterocycles. The molecule has 0 radical (unpaired) electrons. The van der Waals surface area contributed by atoms with Crippen LogP contribution in [0, 0.1) is 6.92 Å². The van der Waals surface area contributed by atoms with Gasteiger partial charge in [0.15, 0.2) is 0 Å². The Kier molecular flexibility index (Phi) is 6.07. The number of morpholine rings is 1. The fraction of sp³-hybridized carbons (Fsp3) is 0.526. The zero-order valence-corrected chi connectivity index (χ0v) is 15.4. The molecule has 1 aromatic carbocycles. The lowest BCUT2D eigenvalue weighted by molar-refractivity contribution is 0.0161. The monoisotopic (exact) mass is 344 g/mol. The molecule has 1 fully saturated rings. The Bertz CT molecular complexity index is 666. The highest BCUT2D eigenvalue weighted by molar-refractivity contribution is 5.30. The van der Waals surface area contributed by atoms with E-state index in [9.17, 15) is 0 Å². The molecule has 0 saturated carbocycles. The Morgan fingerprint density at radius 2 is 1.96 bits per heavy atom.